The van der Waals surface area contributed by atoms with Crippen molar-refractivity contribution in [2.75, 3.05) is 5.73 Å². The van der Waals surface area contributed by atoms with Gasteiger partial charge in [-0.15, -0.1) is 12.8 Å². The van der Waals surface area contributed by atoms with E-state index in [2.05, 4.69) is 11.8 Å². The van der Waals surface area contributed by atoms with Crippen LogP contribution in [0.3, 0.4) is 0 Å². The molecular weight excluding hydrogens is 146 g/mol. The zero-order valence-electron chi connectivity index (χ0n) is 6.89. The molecule has 0 unspecified atom stereocenters. The Labute approximate surface area is 72.6 Å². The number of hydrogen-bond acceptors (Lipinski definition) is 1. The summed E-state index contributed by atoms with van der Waals surface area (Å²) >= 11 is 0. The zero-order valence-corrected chi connectivity index (χ0v) is 6.89. The van der Waals surface area contributed by atoms with Crippen molar-refractivity contribution >= 4 is 5.69 Å². The number of terminal acetylenes is 2. The molecule has 0 saturated carbocycles. The number of rotatable bonds is 0. The van der Waals surface area contributed by atoms with Crippen LogP contribution in [0.5, 0.6) is 0 Å². The predicted octanol–water partition coefficient (Wildman–Crippen LogP) is 1.54. The molecule has 0 radical (unpaired) electrons. The van der Waals surface area contributed by atoms with Crippen LogP contribution in [-0.4, -0.2) is 0 Å². The van der Waals surface area contributed by atoms with Crippen molar-refractivity contribution in [3.63, 3.8) is 0 Å². The van der Waals surface area contributed by atoms with Gasteiger partial charge in [0.1, 0.15) is 0 Å². The minimum absolute atomic E-state index is 0.651. The smallest absolute Gasteiger partial charge is 0.0368 e. The SMILES string of the molecule is C#Cc1cc(N)c(C)c(C#C)c1. The number of hydrogen-bond donors (Lipinski definition) is 1. The summed E-state index contributed by atoms with van der Waals surface area (Å²) in [7, 11) is 0. The molecule has 1 rings (SSSR count). The molecule has 58 valence electrons. The summed E-state index contributed by atoms with van der Waals surface area (Å²) in [6, 6.07) is 3.53. The molecular formula is C11H9N. The molecule has 1 heteroatoms. The first kappa shape index (κ1) is 8.24. The maximum atomic E-state index is 5.68. The number of benzene rings is 1. The van der Waals surface area contributed by atoms with Gasteiger partial charge in [-0.2, -0.15) is 0 Å². The molecule has 0 aromatic heterocycles. The van der Waals surface area contributed by atoms with E-state index >= 15 is 0 Å². The van der Waals surface area contributed by atoms with Crippen LogP contribution in [0.15, 0.2) is 12.1 Å². The monoisotopic (exact) mass is 155 g/mol. The highest BCUT2D eigenvalue weighted by molar-refractivity contribution is 5.60. The van der Waals surface area contributed by atoms with Crippen LogP contribution in [0.4, 0.5) is 5.69 Å². The molecule has 0 amide bonds. The standard InChI is InChI=1S/C11H9N/c1-4-9-6-10(5-2)8(3)11(12)7-9/h1-2,6-7H,12H2,3H3. The second-order valence-electron chi connectivity index (χ2n) is 2.53. The van der Waals surface area contributed by atoms with Gasteiger partial charge in [0.2, 0.25) is 0 Å². The molecule has 0 saturated heterocycles. The Morgan fingerprint density at radius 2 is 1.92 bits per heavy atom. The van der Waals surface area contributed by atoms with Crippen molar-refractivity contribution in [1.29, 1.82) is 0 Å². The summed E-state index contributed by atoms with van der Waals surface area (Å²) in [6.07, 6.45) is 10.5. The van der Waals surface area contributed by atoms with E-state index in [1.807, 2.05) is 6.92 Å². The molecule has 0 atom stereocenters. The van der Waals surface area contributed by atoms with E-state index in [4.69, 9.17) is 18.6 Å². The number of anilines is 1. The molecule has 0 heterocycles. The summed E-state index contributed by atoms with van der Waals surface area (Å²) in [5, 5.41) is 0. The zero-order chi connectivity index (χ0) is 9.14. The van der Waals surface area contributed by atoms with Gasteiger partial charge in [0.05, 0.1) is 0 Å². The molecule has 0 aliphatic carbocycles. The Bertz CT molecular complexity index is 389. The van der Waals surface area contributed by atoms with Gasteiger partial charge in [-0.1, -0.05) is 11.8 Å². The van der Waals surface area contributed by atoms with E-state index in [9.17, 15) is 0 Å². The van der Waals surface area contributed by atoms with Gasteiger partial charge >= 0.3 is 0 Å². The maximum Gasteiger partial charge on any atom is 0.0368 e. The van der Waals surface area contributed by atoms with Gasteiger partial charge < -0.3 is 5.73 Å². The summed E-state index contributed by atoms with van der Waals surface area (Å²) in [5.41, 5.74) is 8.74. The van der Waals surface area contributed by atoms with Crippen molar-refractivity contribution < 1.29 is 0 Å². The highest BCUT2D eigenvalue weighted by Gasteiger charge is 2.00. The van der Waals surface area contributed by atoms with Gasteiger partial charge in [0, 0.05) is 16.8 Å². The molecule has 1 aromatic carbocycles. The van der Waals surface area contributed by atoms with Crippen LogP contribution in [0.2, 0.25) is 0 Å². The van der Waals surface area contributed by atoms with Gasteiger partial charge in [-0.05, 0) is 24.6 Å². The molecule has 2 N–H and O–H groups in total. The van der Waals surface area contributed by atoms with Gasteiger partial charge in [-0.3, -0.25) is 0 Å². The molecule has 12 heavy (non-hydrogen) atoms. The Hall–Kier alpha value is -1.86. The third-order valence-corrected chi connectivity index (χ3v) is 1.77. The quantitative estimate of drug-likeness (QED) is 0.446. The van der Waals surface area contributed by atoms with E-state index in [1.165, 1.54) is 0 Å². The topological polar surface area (TPSA) is 26.0 Å². The molecule has 0 bridgehead atoms. The van der Waals surface area contributed by atoms with E-state index in [1.54, 1.807) is 12.1 Å². The van der Waals surface area contributed by atoms with E-state index < -0.39 is 0 Å². The predicted molar refractivity (Wildman–Crippen MR) is 51.5 cm³/mol. The van der Waals surface area contributed by atoms with Gasteiger partial charge in [-0.25, -0.2) is 0 Å². The minimum atomic E-state index is 0.651. The fourth-order valence-electron chi connectivity index (χ4n) is 0.970. The first-order chi connectivity index (χ1) is 5.69. The molecule has 0 aliphatic heterocycles. The fraction of sp³-hybridized carbons (Fsp3) is 0.0909. The average Bonchev–Trinajstić information content (AvgIpc) is 2.09. The second kappa shape index (κ2) is 3.03. The molecule has 1 aromatic rings. The van der Waals surface area contributed by atoms with E-state index in [0.29, 0.717) is 5.69 Å². The molecule has 1 nitrogen and oxygen atoms in total. The lowest BCUT2D eigenvalue weighted by Gasteiger charge is -2.03. The summed E-state index contributed by atoms with van der Waals surface area (Å²) in [4.78, 5) is 0. The third-order valence-electron chi connectivity index (χ3n) is 1.77. The van der Waals surface area contributed by atoms with E-state index in [-0.39, 0.29) is 0 Å². The molecule has 0 spiro atoms. The highest BCUT2D eigenvalue weighted by atomic mass is 14.6. The van der Waals surface area contributed by atoms with Crippen LogP contribution < -0.4 is 5.73 Å². The maximum absolute atomic E-state index is 5.68. The molecule has 0 fully saturated rings. The van der Waals surface area contributed by atoms with Crippen LogP contribution >= 0.6 is 0 Å². The van der Waals surface area contributed by atoms with Crippen molar-refractivity contribution in [3.8, 4) is 24.7 Å². The second-order valence-corrected chi connectivity index (χ2v) is 2.53. The Kier molecular flexibility index (Phi) is 2.08. The lowest BCUT2D eigenvalue weighted by Crippen LogP contribution is -1.94. The lowest BCUT2D eigenvalue weighted by atomic mass is 10.0. The highest BCUT2D eigenvalue weighted by Crippen LogP contribution is 2.17. The minimum Gasteiger partial charge on any atom is -0.398 e. The van der Waals surface area contributed by atoms with Crippen LogP contribution in [-0.2, 0) is 0 Å². The fourth-order valence-corrected chi connectivity index (χ4v) is 0.970. The Morgan fingerprint density at radius 3 is 2.42 bits per heavy atom. The van der Waals surface area contributed by atoms with Crippen LogP contribution in [0.1, 0.15) is 16.7 Å². The van der Waals surface area contributed by atoms with Gasteiger partial charge in [0.15, 0.2) is 0 Å². The summed E-state index contributed by atoms with van der Waals surface area (Å²) < 4.78 is 0. The summed E-state index contributed by atoms with van der Waals surface area (Å²) in [6.45, 7) is 1.88. The number of nitrogens with two attached hydrogens (primary N) is 1. The van der Waals surface area contributed by atoms with Crippen molar-refractivity contribution in [1.82, 2.24) is 0 Å². The Balaban J connectivity index is 3.44. The van der Waals surface area contributed by atoms with Crippen LogP contribution in [0, 0.1) is 31.6 Å². The van der Waals surface area contributed by atoms with Crippen molar-refractivity contribution in [2.24, 2.45) is 0 Å². The lowest BCUT2D eigenvalue weighted by molar-refractivity contribution is 1.42. The molecule has 0 aliphatic rings. The summed E-state index contributed by atoms with van der Waals surface area (Å²) in [5.74, 6) is 5.03. The van der Waals surface area contributed by atoms with Gasteiger partial charge in [0.25, 0.3) is 0 Å². The Morgan fingerprint density at radius 1 is 1.25 bits per heavy atom. The van der Waals surface area contributed by atoms with Crippen molar-refractivity contribution in [3.05, 3.63) is 28.8 Å². The average molecular weight is 155 g/mol. The van der Waals surface area contributed by atoms with Crippen molar-refractivity contribution in [2.45, 2.75) is 6.92 Å². The largest absolute Gasteiger partial charge is 0.398 e. The number of nitrogen functional groups attached to an aromatic ring is 1. The third kappa shape index (κ3) is 1.26. The first-order valence-corrected chi connectivity index (χ1v) is 3.52. The normalized spacial score (nSPS) is 8.58. The van der Waals surface area contributed by atoms with E-state index in [0.717, 1.165) is 16.7 Å². The first-order valence-electron chi connectivity index (χ1n) is 3.52. The van der Waals surface area contributed by atoms with Crippen LogP contribution in [0.25, 0.3) is 0 Å².